The van der Waals surface area contributed by atoms with Gasteiger partial charge in [-0.15, -0.1) is 0 Å². The first-order valence-electron chi connectivity index (χ1n) is 10.9. The lowest BCUT2D eigenvalue weighted by atomic mass is 10.0. The Morgan fingerprint density at radius 1 is 1.03 bits per heavy atom. The summed E-state index contributed by atoms with van der Waals surface area (Å²) < 4.78 is 0. The van der Waals surface area contributed by atoms with Crippen LogP contribution in [-0.4, -0.2) is 89.3 Å². The second-order valence-electron chi connectivity index (χ2n) is 8.13. The largest absolute Gasteiger partial charge is 0.508 e. The van der Waals surface area contributed by atoms with Crippen LogP contribution in [0.1, 0.15) is 11.1 Å². The van der Waals surface area contributed by atoms with Gasteiger partial charge in [-0.05, 0) is 23.3 Å². The number of carboxylic acid groups (broad SMARTS) is 1. The van der Waals surface area contributed by atoms with Crippen LogP contribution in [0.15, 0.2) is 54.6 Å². The summed E-state index contributed by atoms with van der Waals surface area (Å²) in [5, 5.41) is 22.9. The molecule has 0 unspecified atom stereocenters. The van der Waals surface area contributed by atoms with Gasteiger partial charge in [-0.3, -0.25) is 14.6 Å². The first-order valence-corrected chi connectivity index (χ1v) is 10.9. The van der Waals surface area contributed by atoms with E-state index in [2.05, 4.69) is 10.2 Å². The number of phenolic OH excluding ortho intramolecular Hbond substituents is 1. The molecule has 8 heteroatoms. The summed E-state index contributed by atoms with van der Waals surface area (Å²) in [6.07, 6.45) is -0.864. The third-order valence-corrected chi connectivity index (χ3v) is 5.78. The fraction of sp³-hybridized carbons (Fsp3) is 0.417. The number of hydrogen-bond donors (Lipinski definition) is 3. The minimum atomic E-state index is -1.11. The van der Waals surface area contributed by atoms with Crippen molar-refractivity contribution in [2.45, 2.75) is 19.0 Å². The van der Waals surface area contributed by atoms with Crippen molar-refractivity contribution in [3.8, 4) is 5.75 Å². The van der Waals surface area contributed by atoms with Gasteiger partial charge in [0.1, 0.15) is 11.8 Å². The number of amides is 2. The number of nitrogens with zero attached hydrogens (tertiary/aromatic N) is 3. The molecule has 0 saturated carbocycles. The lowest BCUT2D eigenvalue weighted by Crippen LogP contribution is -2.54. The molecule has 1 aliphatic rings. The topological polar surface area (TPSA) is 96.4 Å². The number of nitrogens with one attached hydrogen (secondary N) is 1. The van der Waals surface area contributed by atoms with E-state index in [1.807, 2.05) is 30.3 Å². The summed E-state index contributed by atoms with van der Waals surface area (Å²) in [6.45, 7) is 4.71. The Hall–Kier alpha value is -3.10. The molecule has 0 bridgehead atoms. The van der Waals surface area contributed by atoms with Gasteiger partial charge < -0.3 is 20.4 Å². The zero-order valence-electron chi connectivity index (χ0n) is 18.5. The van der Waals surface area contributed by atoms with E-state index in [1.165, 1.54) is 4.90 Å². The highest BCUT2D eigenvalue weighted by molar-refractivity contribution is 5.85. The smallest absolute Gasteiger partial charge is 0.408 e. The summed E-state index contributed by atoms with van der Waals surface area (Å²) in [5.41, 5.74) is 1.78. The molecule has 1 heterocycles. The van der Waals surface area contributed by atoms with Crippen molar-refractivity contribution in [1.82, 2.24) is 20.0 Å². The van der Waals surface area contributed by atoms with Crippen molar-refractivity contribution < 1.29 is 19.8 Å². The standard InChI is InChI=1S/C24H32N4O4/c1-26(18-20-5-3-2-4-6-20)23(30)22(17-19-7-9-21(29)10-8-19)28(24(31)32)16-15-27-13-11-25-12-14-27/h2-10,22,25,29H,11-18H2,1H3,(H,31,32)/t22-/m0/s1. The highest BCUT2D eigenvalue weighted by atomic mass is 16.4. The van der Waals surface area contributed by atoms with E-state index in [0.29, 0.717) is 13.1 Å². The highest BCUT2D eigenvalue weighted by Crippen LogP contribution is 2.17. The average molecular weight is 441 g/mol. The molecule has 1 saturated heterocycles. The van der Waals surface area contributed by atoms with Gasteiger partial charge >= 0.3 is 6.09 Å². The number of carbonyl (C=O) groups excluding carboxylic acids is 1. The van der Waals surface area contributed by atoms with E-state index in [-0.39, 0.29) is 24.6 Å². The lowest BCUT2D eigenvalue weighted by molar-refractivity contribution is -0.135. The van der Waals surface area contributed by atoms with E-state index in [0.717, 1.165) is 37.3 Å². The van der Waals surface area contributed by atoms with Crippen LogP contribution in [0, 0.1) is 0 Å². The lowest BCUT2D eigenvalue weighted by Gasteiger charge is -2.34. The summed E-state index contributed by atoms with van der Waals surface area (Å²) in [6, 6.07) is 15.3. The minimum Gasteiger partial charge on any atom is -0.508 e. The molecule has 2 aromatic carbocycles. The fourth-order valence-electron chi connectivity index (χ4n) is 3.94. The minimum absolute atomic E-state index is 0.131. The highest BCUT2D eigenvalue weighted by Gasteiger charge is 2.32. The van der Waals surface area contributed by atoms with Crippen LogP contribution in [0.5, 0.6) is 5.75 Å². The molecule has 0 aliphatic carbocycles. The summed E-state index contributed by atoms with van der Waals surface area (Å²) in [7, 11) is 1.70. The third kappa shape index (κ3) is 6.70. The maximum Gasteiger partial charge on any atom is 0.408 e. The molecule has 0 spiro atoms. The molecule has 32 heavy (non-hydrogen) atoms. The van der Waals surface area contributed by atoms with E-state index >= 15 is 0 Å². The molecular formula is C24H32N4O4. The van der Waals surface area contributed by atoms with Gasteiger partial charge in [0, 0.05) is 59.3 Å². The Balaban J connectivity index is 1.78. The molecule has 1 fully saturated rings. The molecule has 2 amide bonds. The Bertz CT molecular complexity index is 869. The normalized spacial score (nSPS) is 15.2. The second-order valence-corrected chi connectivity index (χ2v) is 8.13. The number of rotatable bonds is 9. The first-order chi connectivity index (χ1) is 15.4. The second kappa shape index (κ2) is 11.5. The molecule has 8 nitrogen and oxygen atoms in total. The van der Waals surface area contributed by atoms with Crippen LogP contribution in [0.2, 0.25) is 0 Å². The van der Waals surface area contributed by atoms with Gasteiger partial charge in [0.15, 0.2) is 0 Å². The van der Waals surface area contributed by atoms with E-state index < -0.39 is 12.1 Å². The number of hydrogen-bond acceptors (Lipinski definition) is 5. The quantitative estimate of drug-likeness (QED) is 0.551. The van der Waals surface area contributed by atoms with E-state index in [9.17, 15) is 19.8 Å². The van der Waals surface area contributed by atoms with E-state index in [4.69, 9.17) is 0 Å². The van der Waals surface area contributed by atoms with Crippen LogP contribution in [-0.2, 0) is 17.8 Å². The molecule has 3 rings (SSSR count). The van der Waals surface area contributed by atoms with Crippen molar-refractivity contribution in [3.63, 3.8) is 0 Å². The van der Waals surface area contributed by atoms with Gasteiger partial charge in [0.2, 0.25) is 5.91 Å². The van der Waals surface area contributed by atoms with Crippen molar-refractivity contribution in [2.75, 3.05) is 46.3 Å². The van der Waals surface area contributed by atoms with Crippen LogP contribution in [0.3, 0.4) is 0 Å². The van der Waals surface area contributed by atoms with Gasteiger partial charge in [-0.1, -0.05) is 42.5 Å². The van der Waals surface area contributed by atoms with Gasteiger partial charge in [-0.25, -0.2) is 4.79 Å². The molecule has 1 atom stereocenters. The predicted octanol–water partition coefficient (Wildman–Crippen LogP) is 1.85. The van der Waals surface area contributed by atoms with E-state index in [1.54, 1.807) is 36.2 Å². The Morgan fingerprint density at radius 2 is 1.69 bits per heavy atom. The maximum atomic E-state index is 13.5. The molecule has 0 radical (unpaired) electrons. The Labute approximate surface area is 189 Å². The zero-order chi connectivity index (χ0) is 22.9. The number of phenols is 1. The van der Waals surface area contributed by atoms with Crippen molar-refractivity contribution >= 4 is 12.0 Å². The van der Waals surface area contributed by atoms with Crippen LogP contribution in [0.25, 0.3) is 0 Å². The van der Waals surface area contributed by atoms with Crippen molar-refractivity contribution in [2.24, 2.45) is 0 Å². The summed E-state index contributed by atoms with van der Waals surface area (Å²) in [5.74, 6) is -0.115. The average Bonchev–Trinajstić information content (AvgIpc) is 2.80. The molecule has 3 N–H and O–H groups in total. The number of aromatic hydroxyl groups is 1. The summed E-state index contributed by atoms with van der Waals surface area (Å²) in [4.78, 5) is 30.7. The molecule has 1 aliphatic heterocycles. The van der Waals surface area contributed by atoms with Crippen molar-refractivity contribution in [3.05, 3.63) is 65.7 Å². The van der Waals surface area contributed by atoms with Gasteiger partial charge in [-0.2, -0.15) is 0 Å². The zero-order valence-corrected chi connectivity index (χ0v) is 18.5. The Morgan fingerprint density at radius 3 is 2.31 bits per heavy atom. The Kier molecular flexibility index (Phi) is 8.47. The molecular weight excluding hydrogens is 408 g/mol. The molecule has 0 aromatic heterocycles. The fourth-order valence-corrected chi connectivity index (χ4v) is 3.94. The van der Waals surface area contributed by atoms with Crippen LogP contribution in [0.4, 0.5) is 4.79 Å². The SMILES string of the molecule is CN(Cc1ccccc1)C(=O)[C@H](Cc1ccc(O)cc1)N(CCN1CCNCC1)C(=O)O. The van der Waals surface area contributed by atoms with Gasteiger partial charge in [0.05, 0.1) is 0 Å². The maximum absolute atomic E-state index is 13.5. The molecule has 2 aromatic rings. The third-order valence-electron chi connectivity index (χ3n) is 5.78. The summed E-state index contributed by atoms with van der Waals surface area (Å²) >= 11 is 0. The van der Waals surface area contributed by atoms with Gasteiger partial charge in [0.25, 0.3) is 0 Å². The predicted molar refractivity (Wildman–Crippen MR) is 123 cm³/mol. The van der Waals surface area contributed by atoms with Crippen LogP contribution < -0.4 is 5.32 Å². The monoisotopic (exact) mass is 440 g/mol. The number of likely N-dealkylation sites (N-methyl/N-ethyl adjacent to an activating group) is 1. The number of piperazine rings is 1. The molecule has 172 valence electrons. The van der Waals surface area contributed by atoms with Crippen LogP contribution >= 0.6 is 0 Å². The van der Waals surface area contributed by atoms with Crippen molar-refractivity contribution in [1.29, 1.82) is 0 Å². The number of benzene rings is 2. The first kappa shape index (κ1) is 23.6. The number of carbonyl (C=O) groups is 2.